The Kier molecular flexibility index (Phi) is 5.50. The third-order valence-electron chi connectivity index (χ3n) is 3.39. The lowest BCUT2D eigenvalue weighted by atomic mass is 10.1. The lowest BCUT2D eigenvalue weighted by Gasteiger charge is -2.13. The van der Waals surface area contributed by atoms with E-state index in [1.54, 1.807) is 25.3 Å². The van der Waals surface area contributed by atoms with Crippen LogP contribution in [-0.2, 0) is 4.79 Å². The van der Waals surface area contributed by atoms with Crippen LogP contribution >= 0.6 is 11.6 Å². The van der Waals surface area contributed by atoms with E-state index in [4.69, 9.17) is 21.1 Å². The lowest BCUT2D eigenvalue weighted by molar-refractivity contribution is -0.118. The highest BCUT2D eigenvalue weighted by Gasteiger charge is 2.09. The van der Waals surface area contributed by atoms with Crippen LogP contribution in [0.4, 0.5) is 5.69 Å². The Balaban J connectivity index is 1.99. The number of carbonyl (C=O) groups is 1. The summed E-state index contributed by atoms with van der Waals surface area (Å²) in [4.78, 5) is 12.0. The highest BCUT2D eigenvalue weighted by molar-refractivity contribution is 6.32. The summed E-state index contributed by atoms with van der Waals surface area (Å²) >= 11 is 6.03. The molecule has 0 aliphatic carbocycles. The topological polar surface area (TPSA) is 47.6 Å². The van der Waals surface area contributed by atoms with Crippen LogP contribution in [0.5, 0.6) is 11.5 Å². The molecule has 5 heteroatoms. The molecule has 122 valence electrons. The van der Waals surface area contributed by atoms with E-state index in [2.05, 4.69) is 5.32 Å². The molecule has 0 bridgehead atoms. The second kappa shape index (κ2) is 7.38. The maximum Gasteiger partial charge on any atom is 0.262 e. The van der Waals surface area contributed by atoms with Gasteiger partial charge in [0.05, 0.1) is 12.1 Å². The van der Waals surface area contributed by atoms with E-state index >= 15 is 0 Å². The van der Waals surface area contributed by atoms with Crippen LogP contribution in [0, 0.1) is 20.8 Å². The lowest BCUT2D eigenvalue weighted by Crippen LogP contribution is -2.20. The average molecular weight is 334 g/mol. The minimum Gasteiger partial charge on any atom is -0.495 e. The Morgan fingerprint density at radius 1 is 1.13 bits per heavy atom. The fourth-order valence-electron chi connectivity index (χ4n) is 2.47. The third kappa shape index (κ3) is 4.39. The molecular formula is C18H20ClNO3. The van der Waals surface area contributed by atoms with Crippen LogP contribution in [0.2, 0.25) is 5.02 Å². The predicted molar refractivity (Wildman–Crippen MR) is 92.8 cm³/mol. The van der Waals surface area contributed by atoms with Crippen molar-refractivity contribution in [3.63, 3.8) is 0 Å². The number of nitrogens with one attached hydrogen (secondary N) is 1. The van der Waals surface area contributed by atoms with Gasteiger partial charge in [-0.05, 0) is 50.1 Å². The molecule has 0 saturated carbocycles. The van der Waals surface area contributed by atoms with Crippen molar-refractivity contribution in [3.05, 3.63) is 52.0 Å². The molecule has 0 atom stereocenters. The van der Waals surface area contributed by atoms with Gasteiger partial charge in [0.1, 0.15) is 11.5 Å². The highest BCUT2D eigenvalue weighted by Crippen LogP contribution is 2.27. The van der Waals surface area contributed by atoms with Crippen LogP contribution < -0.4 is 14.8 Å². The Bertz CT molecular complexity index is 705. The summed E-state index contributed by atoms with van der Waals surface area (Å²) in [5.41, 5.74) is 3.80. The van der Waals surface area contributed by atoms with Crippen molar-refractivity contribution >= 4 is 23.2 Å². The Morgan fingerprint density at radius 2 is 1.78 bits per heavy atom. The maximum atomic E-state index is 12.0. The molecule has 0 aliphatic rings. The summed E-state index contributed by atoms with van der Waals surface area (Å²) in [6, 6.07) is 9.13. The number of amides is 1. The molecular weight excluding hydrogens is 314 g/mol. The van der Waals surface area contributed by atoms with Gasteiger partial charge in [0.25, 0.3) is 5.91 Å². The van der Waals surface area contributed by atoms with Crippen LogP contribution in [0.1, 0.15) is 16.7 Å². The highest BCUT2D eigenvalue weighted by atomic mass is 35.5. The number of halogens is 1. The monoisotopic (exact) mass is 333 g/mol. The van der Waals surface area contributed by atoms with Gasteiger partial charge in [-0.25, -0.2) is 0 Å². The van der Waals surface area contributed by atoms with E-state index in [0.717, 1.165) is 16.9 Å². The molecule has 23 heavy (non-hydrogen) atoms. The Labute approximate surface area is 141 Å². The molecule has 0 heterocycles. The number of hydrogen-bond donors (Lipinski definition) is 1. The number of anilines is 1. The molecule has 0 fully saturated rings. The molecule has 0 radical (unpaired) electrons. The zero-order valence-corrected chi connectivity index (χ0v) is 14.5. The van der Waals surface area contributed by atoms with Crippen molar-refractivity contribution in [2.24, 2.45) is 0 Å². The van der Waals surface area contributed by atoms with Gasteiger partial charge in [-0.15, -0.1) is 0 Å². The summed E-state index contributed by atoms with van der Waals surface area (Å²) in [5.74, 6) is 1.07. The zero-order valence-electron chi connectivity index (χ0n) is 13.7. The van der Waals surface area contributed by atoms with E-state index in [1.807, 2.05) is 32.9 Å². The van der Waals surface area contributed by atoms with Crippen molar-refractivity contribution in [2.75, 3.05) is 19.0 Å². The first-order chi connectivity index (χ1) is 10.9. The molecule has 0 spiro atoms. The molecule has 0 aliphatic heterocycles. The first-order valence-electron chi connectivity index (χ1n) is 7.24. The van der Waals surface area contributed by atoms with Crippen molar-refractivity contribution < 1.29 is 14.3 Å². The Morgan fingerprint density at radius 3 is 2.35 bits per heavy atom. The van der Waals surface area contributed by atoms with Crippen LogP contribution in [0.25, 0.3) is 0 Å². The molecule has 2 aromatic carbocycles. The number of methoxy groups -OCH3 is 1. The summed E-state index contributed by atoms with van der Waals surface area (Å²) in [6.07, 6.45) is 0. The number of rotatable bonds is 5. The van der Waals surface area contributed by atoms with E-state index in [1.165, 1.54) is 5.56 Å². The SMILES string of the molecule is COc1ccc(NC(=O)COc2c(C)cc(C)cc2C)cc1Cl. The fourth-order valence-corrected chi connectivity index (χ4v) is 2.73. The van der Waals surface area contributed by atoms with Crippen molar-refractivity contribution in [1.29, 1.82) is 0 Å². The Hall–Kier alpha value is -2.20. The van der Waals surface area contributed by atoms with Crippen LogP contribution in [0.3, 0.4) is 0 Å². The van der Waals surface area contributed by atoms with Gasteiger partial charge in [-0.3, -0.25) is 4.79 Å². The minimum absolute atomic E-state index is 0.0611. The number of aryl methyl sites for hydroxylation is 3. The molecule has 0 saturated heterocycles. The quantitative estimate of drug-likeness (QED) is 0.887. The summed E-state index contributed by atoms with van der Waals surface area (Å²) < 4.78 is 10.7. The van der Waals surface area contributed by atoms with Crippen molar-refractivity contribution in [2.45, 2.75) is 20.8 Å². The number of benzene rings is 2. The average Bonchev–Trinajstić information content (AvgIpc) is 2.46. The standard InChI is InChI=1S/C18H20ClNO3/c1-11-7-12(2)18(13(3)8-11)23-10-17(21)20-14-5-6-16(22-4)15(19)9-14/h5-9H,10H2,1-4H3,(H,20,21). The van der Waals surface area contributed by atoms with E-state index < -0.39 is 0 Å². The summed E-state index contributed by atoms with van der Waals surface area (Å²) in [6.45, 7) is 5.91. The zero-order chi connectivity index (χ0) is 17.0. The minimum atomic E-state index is -0.245. The smallest absolute Gasteiger partial charge is 0.262 e. The summed E-state index contributed by atoms with van der Waals surface area (Å²) in [7, 11) is 1.54. The first kappa shape index (κ1) is 17.2. The molecule has 1 amide bonds. The largest absolute Gasteiger partial charge is 0.495 e. The molecule has 0 unspecified atom stereocenters. The second-order valence-corrected chi connectivity index (χ2v) is 5.82. The number of hydrogen-bond acceptors (Lipinski definition) is 3. The number of carbonyl (C=O) groups excluding carboxylic acids is 1. The summed E-state index contributed by atoms with van der Waals surface area (Å²) in [5, 5.41) is 3.19. The molecule has 2 rings (SSSR count). The van der Waals surface area contributed by atoms with Gasteiger partial charge in [-0.2, -0.15) is 0 Å². The molecule has 2 aromatic rings. The van der Waals surface area contributed by atoms with Crippen LogP contribution in [0.15, 0.2) is 30.3 Å². The second-order valence-electron chi connectivity index (χ2n) is 5.41. The van der Waals surface area contributed by atoms with E-state index in [9.17, 15) is 4.79 Å². The van der Waals surface area contributed by atoms with Gasteiger partial charge in [0.15, 0.2) is 6.61 Å². The van der Waals surface area contributed by atoms with Gasteiger partial charge < -0.3 is 14.8 Å². The normalized spacial score (nSPS) is 10.3. The molecule has 0 aromatic heterocycles. The first-order valence-corrected chi connectivity index (χ1v) is 7.62. The molecule has 4 nitrogen and oxygen atoms in total. The third-order valence-corrected chi connectivity index (χ3v) is 3.68. The van der Waals surface area contributed by atoms with Crippen molar-refractivity contribution in [3.8, 4) is 11.5 Å². The van der Waals surface area contributed by atoms with Gasteiger partial charge >= 0.3 is 0 Å². The number of ether oxygens (including phenoxy) is 2. The van der Waals surface area contributed by atoms with E-state index in [-0.39, 0.29) is 12.5 Å². The maximum absolute atomic E-state index is 12.0. The van der Waals surface area contributed by atoms with Gasteiger partial charge in [-0.1, -0.05) is 29.3 Å². The van der Waals surface area contributed by atoms with E-state index in [0.29, 0.717) is 16.5 Å². The molecule has 1 N–H and O–H groups in total. The fraction of sp³-hybridized carbons (Fsp3) is 0.278. The predicted octanol–water partition coefficient (Wildman–Crippen LogP) is 4.29. The van der Waals surface area contributed by atoms with Gasteiger partial charge in [0.2, 0.25) is 0 Å². The van der Waals surface area contributed by atoms with Crippen LogP contribution in [-0.4, -0.2) is 19.6 Å². The van der Waals surface area contributed by atoms with Crippen molar-refractivity contribution in [1.82, 2.24) is 0 Å². The van der Waals surface area contributed by atoms with Gasteiger partial charge in [0, 0.05) is 5.69 Å².